The summed E-state index contributed by atoms with van der Waals surface area (Å²) in [5.74, 6) is 1.96. The number of rotatable bonds is 4. The van der Waals surface area contributed by atoms with Crippen molar-refractivity contribution in [3.63, 3.8) is 0 Å². The Kier molecular flexibility index (Phi) is 16.1. The van der Waals surface area contributed by atoms with Gasteiger partial charge in [0.25, 0.3) is 0 Å². The van der Waals surface area contributed by atoms with Crippen molar-refractivity contribution in [2.75, 3.05) is 0 Å². The van der Waals surface area contributed by atoms with E-state index in [2.05, 4.69) is 100.0 Å². The van der Waals surface area contributed by atoms with Gasteiger partial charge in [-0.25, -0.2) is 0 Å². The van der Waals surface area contributed by atoms with Crippen LogP contribution >= 0.6 is 0 Å². The van der Waals surface area contributed by atoms with Crippen LogP contribution in [0.1, 0.15) is 112 Å². The summed E-state index contributed by atoms with van der Waals surface area (Å²) in [5.41, 5.74) is 5.88. The van der Waals surface area contributed by atoms with Crippen LogP contribution in [-0.2, 0) is 34.5 Å². The van der Waals surface area contributed by atoms with Gasteiger partial charge in [-0.05, 0) is 138 Å². The van der Waals surface area contributed by atoms with E-state index in [0.29, 0.717) is 0 Å². The molecule has 4 aliphatic carbocycles. The topological polar surface area (TPSA) is 18.5 Å². The average molecular weight is 633 g/mol. The van der Waals surface area contributed by atoms with Gasteiger partial charge in [0.05, 0.1) is 0 Å². The molecule has 0 N–H and O–H groups in total. The number of benzene rings is 2. The van der Waals surface area contributed by atoms with E-state index in [1.807, 2.05) is 0 Å². The average Bonchev–Trinajstić information content (AvgIpc) is 2.96. The molecular formula is C40H64O2Si2. The molecule has 0 saturated heterocycles. The van der Waals surface area contributed by atoms with Gasteiger partial charge in [0.2, 0.25) is 16.6 Å². The molecule has 0 amide bonds. The highest BCUT2D eigenvalue weighted by Gasteiger charge is 2.24. The lowest BCUT2D eigenvalue weighted by molar-refractivity contribution is 0.338. The second-order valence-electron chi connectivity index (χ2n) is 15.0. The van der Waals surface area contributed by atoms with E-state index in [-0.39, 0.29) is 0 Å². The van der Waals surface area contributed by atoms with Crippen molar-refractivity contribution >= 4 is 16.6 Å². The van der Waals surface area contributed by atoms with Gasteiger partial charge in [-0.1, -0.05) is 99.9 Å². The first kappa shape index (κ1) is 36.4. The Labute approximate surface area is 274 Å². The van der Waals surface area contributed by atoms with Crippen molar-refractivity contribution < 1.29 is 8.85 Å². The summed E-state index contributed by atoms with van der Waals surface area (Å²) >= 11 is 0. The summed E-state index contributed by atoms with van der Waals surface area (Å²) in [6.45, 7) is 13.6. The second kappa shape index (κ2) is 19.5. The van der Waals surface area contributed by atoms with Crippen molar-refractivity contribution in [3.05, 3.63) is 94.5 Å². The SMILES string of the molecule is C[Si](C)(C)OC1=C\CCCCCc2ccc(cc2)CCCCCCCCCCCc2ccc(cc2)CC\C=C\1O[Si](C)(C)C. The first-order valence-corrected chi connectivity index (χ1v) is 24.8. The monoisotopic (exact) mass is 632 g/mol. The van der Waals surface area contributed by atoms with Crippen LogP contribution in [-0.4, -0.2) is 16.6 Å². The van der Waals surface area contributed by atoms with Crippen molar-refractivity contribution in [2.45, 2.75) is 155 Å². The minimum absolute atomic E-state index is 0.963. The fourth-order valence-electron chi connectivity index (χ4n) is 5.94. The van der Waals surface area contributed by atoms with E-state index in [1.165, 1.54) is 119 Å². The molecule has 2 aromatic rings. The van der Waals surface area contributed by atoms with Crippen LogP contribution in [0.5, 0.6) is 0 Å². The molecule has 244 valence electrons. The smallest absolute Gasteiger partial charge is 0.242 e. The number of hydrogen-bond acceptors (Lipinski definition) is 2. The Hall–Kier alpha value is -2.05. The minimum atomic E-state index is -1.80. The van der Waals surface area contributed by atoms with Crippen molar-refractivity contribution in [1.29, 1.82) is 0 Å². The molecule has 0 heterocycles. The molecule has 0 radical (unpaired) electrons. The first-order valence-electron chi connectivity index (χ1n) is 18.0. The Bertz CT molecular complexity index is 1120. The highest BCUT2D eigenvalue weighted by atomic mass is 28.4. The Balaban J connectivity index is 1.68. The van der Waals surface area contributed by atoms with Gasteiger partial charge in [-0.15, -0.1) is 0 Å². The van der Waals surface area contributed by atoms with Gasteiger partial charge in [-0.2, -0.15) is 0 Å². The van der Waals surface area contributed by atoms with Gasteiger partial charge in [0.15, 0.2) is 0 Å². The maximum absolute atomic E-state index is 6.68. The molecule has 0 unspecified atom stereocenters. The molecule has 44 heavy (non-hydrogen) atoms. The van der Waals surface area contributed by atoms with Crippen molar-refractivity contribution in [1.82, 2.24) is 0 Å². The zero-order chi connectivity index (χ0) is 31.7. The first-order chi connectivity index (χ1) is 21.1. The van der Waals surface area contributed by atoms with E-state index in [4.69, 9.17) is 8.85 Å². The van der Waals surface area contributed by atoms with E-state index in [1.54, 1.807) is 0 Å². The highest BCUT2D eigenvalue weighted by molar-refractivity contribution is 6.70. The normalized spacial score (nSPS) is 20.6. The summed E-state index contributed by atoms with van der Waals surface area (Å²) in [7, 11) is -3.59. The molecule has 0 spiro atoms. The molecule has 0 saturated carbocycles. The van der Waals surface area contributed by atoms with Crippen LogP contribution in [0, 0.1) is 0 Å². The van der Waals surface area contributed by atoms with Crippen LogP contribution in [0.4, 0.5) is 0 Å². The van der Waals surface area contributed by atoms with Crippen LogP contribution < -0.4 is 0 Å². The van der Waals surface area contributed by atoms with Crippen molar-refractivity contribution in [3.8, 4) is 0 Å². The third kappa shape index (κ3) is 16.3. The zero-order valence-electron chi connectivity index (χ0n) is 29.3. The lowest BCUT2D eigenvalue weighted by Crippen LogP contribution is -2.29. The molecular weight excluding hydrogens is 569 g/mol. The third-order valence-corrected chi connectivity index (χ3v) is 9.98. The molecule has 0 fully saturated rings. The van der Waals surface area contributed by atoms with Gasteiger partial charge in [-0.3, -0.25) is 0 Å². The molecule has 4 aliphatic rings. The quantitative estimate of drug-likeness (QED) is 0.312. The fourth-order valence-corrected chi connectivity index (χ4v) is 7.63. The summed E-state index contributed by atoms with van der Waals surface area (Å²) < 4.78 is 13.4. The fraction of sp³-hybridized carbons (Fsp3) is 0.600. The molecule has 4 bridgehead atoms. The summed E-state index contributed by atoms with van der Waals surface area (Å²) in [4.78, 5) is 0. The molecule has 0 aliphatic heterocycles. The zero-order valence-corrected chi connectivity index (χ0v) is 31.3. The minimum Gasteiger partial charge on any atom is -0.542 e. The lowest BCUT2D eigenvalue weighted by atomic mass is 10.0. The standard InChI is InChI=1S/C40H64O2Si2/c1-43(2,3)41-39-25-19-15-14-18-23-37-29-27-35(28-30-37)21-16-12-10-8-7-9-11-13-17-22-36-31-33-38(34-32-36)24-20-26-40(39)42-44(4,5)6/h25-34H,7-24H2,1-6H3/b39-25-,40-26-. The van der Waals surface area contributed by atoms with E-state index >= 15 is 0 Å². The van der Waals surface area contributed by atoms with Crippen molar-refractivity contribution in [2.24, 2.45) is 0 Å². The summed E-state index contributed by atoms with van der Waals surface area (Å²) in [5, 5.41) is 0. The largest absolute Gasteiger partial charge is 0.542 e. The maximum atomic E-state index is 6.68. The Morgan fingerprint density at radius 1 is 0.364 bits per heavy atom. The maximum Gasteiger partial charge on any atom is 0.242 e. The number of allylic oxidation sites excluding steroid dienone is 2. The van der Waals surface area contributed by atoms with E-state index in [0.717, 1.165) is 30.8 Å². The molecule has 2 aromatic carbocycles. The molecule has 0 atom stereocenters. The van der Waals surface area contributed by atoms with Crippen LogP contribution in [0.3, 0.4) is 0 Å². The Morgan fingerprint density at radius 2 is 0.659 bits per heavy atom. The predicted molar refractivity (Wildman–Crippen MR) is 197 cm³/mol. The predicted octanol–water partition coefficient (Wildman–Crippen LogP) is 12.5. The van der Waals surface area contributed by atoms with Gasteiger partial charge in [0, 0.05) is 0 Å². The van der Waals surface area contributed by atoms with E-state index in [9.17, 15) is 0 Å². The summed E-state index contributed by atoms with van der Waals surface area (Å²) in [6.07, 6.45) is 27.3. The van der Waals surface area contributed by atoms with E-state index < -0.39 is 16.6 Å². The molecule has 2 nitrogen and oxygen atoms in total. The number of aryl methyl sites for hydroxylation is 4. The van der Waals surface area contributed by atoms with Crippen LogP contribution in [0.2, 0.25) is 39.3 Å². The van der Waals surface area contributed by atoms with Crippen LogP contribution in [0.15, 0.2) is 72.2 Å². The Morgan fingerprint density at radius 3 is 1.02 bits per heavy atom. The molecule has 6 rings (SSSR count). The second-order valence-corrected chi connectivity index (χ2v) is 23.9. The van der Waals surface area contributed by atoms with Gasteiger partial charge in [0.1, 0.15) is 11.5 Å². The van der Waals surface area contributed by atoms with Crippen LogP contribution in [0.25, 0.3) is 0 Å². The number of hydrogen-bond donors (Lipinski definition) is 0. The van der Waals surface area contributed by atoms with Gasteiger partial charge >= 0.3 is 0 Å². The molecule has 0 aromatic heterocycles. The van der Waals surface area contributed by atoms with Gasteiger partial charge < -0.3 is 8.85 Å². The summed E-state index contributed by atoms with van der Waals surface area (Å²) in [6, 6.07) is 18.9. The molecule has 4 heteroatoms. The lowest BCUT2D eigenvalue weighted by Gasteiger charge is -2.28. The third-order valence-electron chi connectivity index (χ3n) is 8.31. The highest BCUT2D eigenvalue weighted by Crippen LogP contribution is 2.25.